The molecule has 42 heavy (non-hydrogen) atoms. The van der Waals surface area contributed by atoms with E-state index in [0.717, 1.165) is 37.7 Å². The highest BCUT2D eigenvalue weighted by Gasteiger charge is 2.81. The van der Waals surface area contributed by atoms with E-state index >= 15 is 0 Å². The maximum atomic E-state index is 13.7. The fourth-order valence-corrected chi connectivity index (χ4v) is 10.3. The zero-order valence-corrected chi connectivity index (χ0v) is 25.9. The summed E-state index contributed by atoms with van der Waals surface area (Å²) >= 11 is 0. The number of cyclic esters (lactones) is 1. The summed E-state index contributed by atoms with van der Waals surface area (Å²) in [5.74, 6) is 0.717. The lowest BCUT2D eigenvalue weighted by atomic mass is 9.44. The maximum absolute atomic E-state index is 13.7. The van der Waals surface area contributed by atoms with Gasteiger partial charge in [0.1, 0.15) is 18.3 Å². The van der Waals surface area contributed by atoms with Crippen molar-refractivity contribution < 1.29 is 38.1 Å². The van der Waals surface area contributed by atoms with Crippen LogP contribution in [0.25, 0.3) is 0 Å². The Kier molecular flexibility index (Phi) is 7.26. The van der Waals surface area contributed by atoms with Crippen molar-refractivity contribution in [2.45, 2.75) is 117 Å². The van der Waals surface area contributed by atoms with Crippen LogP contribution in [0.1, 0.15) is 92.9 Å². The van der Waals surface area contributed by atoms with Crippen LogP contribution in [-0.2, 0) is 38.1 Å². The van der Waals surface area contributed by atoms with Gasteiger partial charge in [0.05, 0.1) is 17.1 Å². The van der Waals surface area contributed by atoms with E-state index in [9.17, 15) is 19.2 Å². The summed E-state index contributed by atoms with van der Waals surface area (Å²) < 4.78 is 23.6. The van der Waals surface area contributed by atoms with Gasteiger partial charge in [0.15, 0.2) is 11.9 Å². The second-order valence-corrected chi connectivity index (χ2v) is 14.2. The molecule has 0 aromatic heterocycles. The minimum atomic E-state index is -0.743. The molecule has 0 radical (unpaired) electrons. The van der Waals surface area contributed by atoms with Crippen molar-refractivity contribution >= 4 is 23.7 Å². The van der Waals surface area contributed by atoms with Crippen molar-refractivity contribution in [3.05, 3.63) is 23.3 Å². The maximum Gasteiger partial charge on any atom is 0.337 e. The number of carbonyl (C=O) groups is 4. The summed E-state index contributed by atoms with van der Waals surface area (Å²) in [5.41, 5.74) is 0.0350. The molecule has 8 heteroatoms. The zero-order valence-electron chi connectivity index (χ0n) is 25.9. The molecule has 4 aliphatic carbocycles. The molecule has 230 valence electrons. The molecular weight excluding hydrogens is 536 g/mol. The highest BCUT2D eigenvalue weighted by molar-refractivity contribution is 5.98. The summed E-state index contributed by atoms with van der Waals surface area (Å²) in [5, 5.41) is 0. The van der Waals surface area contributed by atoms with E-state index in [1.54, 1.807) is 26.0 Å². The van der Waals surface area contributed by atoms with E-state index < -0.39 is 17.1 Å². The third-order valence-electron chi connectivity index (χ3n) is 12.6. The largest absolute Gasteiger partial charge is 0.461 e. The number of ketones is 1. The monoisotopic (exact) mass is 582 g/mol. The molecule has 0 amide bonds. The molecule has 0 aromatic rings. The average Bonchev–Trinajstić information content (AvgIpc) is 3.59. The molecule has 1 saturated heterocycles. The molecule has 6 aliphatic rings. The normalized spacial score (nSPS) is 44.3. The Bertz CT molecular complexity index is 1250. The Morgan fingerprint density at radius 3 is 2.50 bits per heavy atom. The van der Waals surface area contributed by atoms with E-state index in [2.05, 4.69) is 20.8 Å². The number of epoxide rings is 1. The minimum absolute atomic E-state index is 0.0271. The van der Waals surface area contributed by atoms with Gasteiger partial charge in [-0.2, -0.15) is 0 Å². The smallest absolute Gasteiger partial charge is 0.337 e. The van der Waals surface area contributed by atoms with Gasteiger partial charge in [0.25, 0.3) is 0 Å². The van der Waals surface area contributed by atoms with Crippen LogP contribution in [-0.4, -0.2) is 54.2 Å². The molecule has 0 unspecified atom stereocenters. The molecular formula is C34H46O8. The topological polar surface area (TPSA) is 108 Å². The Labute approximate surface area is 248 Å². The first kappa shape index (κ1) is 29.6. The molecule has 11 atom stereocenters. The van der Waals surface area contributed by atoms with Gasteiger partial charge in [0, 0.05) is 19.3 Å². The first-order chi connectivity index (χ1) is 19.9. The number of hydrogen-bond donors (Lipinski definition) is 0. The lowest BCUT2D eigenvalue weighted by Crippen LogP contribution is -2.64. The van der Waals surface area contributed by atoms with E-state index in [1.807, 2.05) is 6.92 Å². The predicted molar refractivity (Wildman–Crippen MR) is 153 cm³/mol. The van der Waals surface area contributed by atoms with Crippen molar-refractivity contribution in [2.24, 2.45) is 40.4 Å². The quantitative estimate of drug-likeness (QED) is 0.227. The Morgan fingerprint density at radius 1 is 1.07 bits per heavy atom. The van der Waals surface area contributed by atoms with Crippen molar-refractivity contribution in [3.63, 3.8) is 0 Å². The minimum Gasteiger partial charge on any atom is -0.461 e. The SMILES string of the molecule is CCC(=O)OCC1=C(C)C[C@H]([C@@H](C)[C@H]2CC[C@H]3[C@@H]4C[C@H]5O[C@]56[C@@H](OC(=O)CC)C=CC(=O)[C@]6(C)[C@H]4CC[C@]23C)OC1=O. The number of fused-ring (bicyclic) bond motifs is 4. The van der Waals surface area contributed by atoms with Crippen LogP contribution in [0.2, 0.25) is 0 Å². The molecule has 0 bridgehead atoms. The van der Waals surface area contributed by atoms with Crippen LogP contribution >= 0.6 is 0 Å². The van der Waals surface area contributed by atoms with Crippen LogP contribution in [0.4, 0.5) is 0 Å². The molecule has 2 aliphatic heterocycles. The summed E-state index contributed by atoms with van der Waals surface area (Å²) in [4.78, 5) is 50.6. The van der Waals surface area contributed by atoms with Crippen molar-refractivity contribution in [3.8, 4) is 0 Å². The third-order valence-corrected chi connectivity index (χ3v) is 12.6. The predicted octanol–water partition coefficient (Wildman–Crippen LogP) is 5.27. The van der Waals surface area contributed by atoms with Gasteiger partial charge in [0.2, 0.25) is 0 Å². The number of esters is 3. The number of ether oxygens (including phenoxy) is 4. The lowest BCUT2D eigenvalue weighted by Gasteiger charge is -2.58. The number of rotatable bonds is 7. The van der Waals surface area contributed by atoms with Crippen LogP contribution in [0.15, 0.2) is 23.3 Å². The van der Waals surface area contributed by atoms with E-state index in [-0.39, 0.29) is 66.2 Å². The number of carbonyl (C=O) groups excluding carboxylic acids is 4. The van der Waals surface area contributed by atoms with E-state index in [1.165, 1.54) is 0 Å². The molecule has 6 rings (SSSR count). The Hall–Kier alpha value is -2.48. The van der Waals surface area contributed by atoms with Crippen molar-refractivity contribution in [1.82, 2.24) is 0 Å². The molecule has 1 spiro atoms. The van der Waals surface area contributed by atoms with Gasteiger partial charge in [-0.05, 0) is 93.1 Å². The zero-order chi connectivity index (χ0) is 30.2. The average molecular weight is 583 g/mol. The standard InChI is InChI=1S/C34H46O8/c1-7-29(36)39-17-21-18(3)15-25(40-31(21)38)19(4)22-9-10-23-20-16-28-34(42-28)27(41-30(37)8-2)12-11-26(35)33(34,6)24(20)13-14-32(22,23)5/h11-12,19-20,22-25,27-28H,7-10,13-17H2,1-6H3/t19-,20-,22+,23-,24-,25+,27-,28+,32+,33-,34+/m0/s1. The van der Waals surface area contributed by atoms with E-state index in [4.69, 9.17) is 18.9 Å². The Balaban J connectivity index is 1.20. The van der Waals surface area contributed by atoms with Crippen LogP contribution in [0.3, 0.4) is 0 Å². The van der Waals surface area contributed by atoms with Gasteiger partial charge in [-0.15, -0.1) is 0 Å². The summed E-state index contributed by atoms with van der Waals surface area (Å²) in [7, 11) is 0. The van der Waals surface area contributed by atoms with Crippen LogP contribution in [0, 0.1) is 40.4 Å². The van der Waals surface area contributed by atoms with Gasteiger partial charge in [-0.1, -0.05) is 33.3 Å². The second-order valence-electron chi connectivity index (χ2n) is 14.2. The van der Waals surface area contributed by atoms with Gasteiger partial charge in [-0.25, -0.2) is 4.79 Å². The number of hydrogen-bond acceptors (Lipinski definition) is 8. The summed E-state index contributed by atoms with van der Waals surface area (Å²) in [6.45, 7) is 12.2. The number of allylic oxidation sites excluding steroid dienone is 1. The van der Waals surface area contributed by atoms with Gasteiger partial charge >= 0.3 is 17.9 Å². The highest BCUT2D eigenvalue weighted by atomic mass is 16.7. The summed E-state index contributed by atoms with van der Waals surface area (Å²) in [6, 6.07) is 0. The van der Waals surface area contributed by atoms with Crippen LogP contribution in [0.5, 0.6) is 0 Å². The Morgan fingerprint density at radius 2 is 1.81 bits per heavy atom. The van der Waals surface area contributed by atoms with Crippen molar-refractivity contribution in [1.29, 1.82) is 0 Å². The second kappa shape index (κ2) is 10.3. The fourth-order valence-electron chi connectivity index (χ4n) is 10.3. The molecule has 2 heterocycles. The third kappa shape index (κ3) is 4.10. The molecule has 8 nitrogen and oxygen atoms in total. The molecule has 4 fully saturated rings. The van der Waals surface area contributed by atoms with E-state index in [0.29, 0.717) is 36.2 Å². The lowest BCUT2D eigenvalue weighted by molar-refractivity contribution is -0.167. The van der Waals surface area contributed by atoms with Gasteiger partial charge < -0.3 is 18.9 Å². The first-order valence-corrected chi connectivity index (χ1v) is 16.1. The molecule has 0 aromatic carbocycles. The fraction of sp³-hybridized carbons (Fsp3) is 0.765. The first-order valence-electron chi connectivity index (χ1n) is 16.1. The van der Waals surface area contributed by atoms with Crippen LogP contribution < -0.4 is 0 Å². The highest BCUT2D eigenvalue weighted by Crippen LogP contribution is 2.73. The molecule has 3 saturated carbocycles. The van der Waals surface area contributed by atoms with Crippen molar-refractivity contribution in [2.75, 3.05) is 6.61 Å². The van der Waals surface area contributed by atoms with Gasteiger partial charge in [-0.3, -0.25) is 14.4 Å². The molecule has 0 N–H and O–H groups in total. The summed E-state index contributed by atoms with van der Waals surface area (Å²) in [6.07, 6.45) is 8.79.